The Balaban J connectivity index is 1.87. The van der Waals surface area contributed by atoms with Crippen molar-refractivity contribution in [2.75, 3.05) is 26.4 Å². The van der Waals surface area contributed by atoms with E-state index in [1.54, 1.807) is 12.1 Å². The fourth-order valence-corrected chi connectivity index (χ4v) is 2.71. The van der Waals surface area contributed by atoms with E-state index >= 15 is 0 Å². The second kappa shape index (κ2) is 7.31. The van der Waals surface area contributed by atoms with Crippen molar-refractivity contribution in [2.45, 2.75) is 6.10 Å². The van der Waals surface area contributed by atoms with Gasteiger partial charge in [0.2, 0.25) is 0 Å². The lowest BCUT2D eigenvalue weighted by Crippen LogP contribution is -2.32. The number of phosphoric ester groups is 1. The molecule has 0 fully saturated rings. The van der Waals surface area contributed by atoms with Crippen LogP contribution in [0.15, 0.2) is 24.3 Å². The number of aliphatic hydroxyl groups is 2. The van der Waals surface area contributed by atoms with Crippen LogP contribution >= 0.6 is 7.82 Å². The first-order valence-corrected chi connectivity index (χ1v) is 8.21. The summed E-state index contributed by atoms with van der Waals surface area (Å²) >= 11 is 0. The molecule has 1 heterocycles. The number of hydrogen-bond acceptors (Lipinski definition) is 7. The zero-order valence-electron chi connectivity index (χ0n) is 12.0. The maximum absolute atomic E-state index is 12.0. The first-order chi connectivity index (χ1) is 10.9. The highest BCUT2D eigenvalue weighted by Gasteiger charge is 2.35. The molecule has 0 radical (unpaired) electrons. The monoisotopic (exact) mass is 345 g/mol. The lowest BCUT2D eigenvalue weighted by atomic mass is 10.1. The number of aliphatic hydroxyl groups excluding tert-OH is 2. The largest absolute Gasteiger partial charge is 0.472 e. The summed E-state index contributed by atoms with van der Waals surface area (Å²) in [4.78, 5) is 34.4. The highest BCUT2D eigenvalue weighted by atomic mass is 31.2. The quantitative estimate of drug-likeness (QED) is 0.434. The van der Waals surface area contributed by atoms with Crippen LogP contribution in [-0.4, -0.2) is 64.3 Å². The molecular weight excluding hydrogens is 329 g/mol. The Morgan fingerprint density at radius 2 is 1.70 bits per heavy atom. The minimum absolute atomic E-state index is 0.219. The van der Waals surface area contributed by atoms with Gasteiger partial charge < -0.3 is 15.1 Å². The number of carbonyl (C=O) groups excluding carboxylic acids is 2. The summed E-state index contributed by atoms with van der Waals surface area (Å²) in [7, 11) is -4.45. The van der Waals surface area contributed by atoms with Crippen LogP contribution in [0.2, 0.25) is 0 Å². The van der Waals surface area contributed by atoms with Gasteiger partial charge in [-0.05, 0) is 12.1 Å². The van der Waals surface area contributed by atoms with Crippen LogP contribution in [0.25, 0.3) is 0 Å². The van der Waals surface area contributed by atoms with Crippen LogP contribution in [0.5, 0.6) is 0 Å². The molecule has 0 saturated carbocycles. The fourth-order valence-electron chi connectivity index (χ4n) is 1.96. The third-order valence-corrected chi connectivity index (χ3v) is 4.07. The van der Waals surface area contributed by atoms with E-state index in [1.165, 1.54) is 12.1 Å². The molecule has 0 spiro atoms. The minimum atomic E-state index is -4.45. The van der Waals surface area contributed by atoms with E-state index in [1.807, 2.05) is 0 Å². The van der Waals surface area contributed by atoms with E-state index < -0.39 is 45.6 Å². The second-order valence-electron chi connectivity index (χ2n) is 4.74. The van der Waals surface area contributed by atoms with Gasteiger partial charge in [0.1, 0.15) is 6.10 Å². The van der Waals surface area contributed by atoms with Crippen LogP contribution in [-0.2, 0) is 13.6 Å². The summed E-state index contributed by atoms with van der Waals surface area (Å²) < 4.78 is 20.6. The van der Waals surface area contributed by atoms with Crippen molar-refractivity contribution >= 4 is 19.6 Å². The molecule has 1 aliphatic heterocycles. The molecule has 2 atom stereocenters. The van der Waals surface area contributed by atoms with Crippen LogP contribution < -0.4 is 0 Å². The van der Waals surface area contributed by atoms with E-state index in [0.717, 1.165) is 4.90 Å². The first-order valence-electron chi connectivity index (χ1n) is 6.72. The van der Waals surface area contributed by atoms with Crippen molar-refractivity contribution in [2.24, 2.45) is 0 Å². The smallest absolute Gasteiger partial charge is 0.394 e. The number of imide groups is 1. The van der Waals surface area contributed by atoms with Gasteiger partial charge in [-0.15, -0.1) is 0 Å². The Kier molecular flexibility index (Phi) is 5.64. The molecule has 2 amide bonds. The van der Waals surface area contributed by atoms with Gasteiger partial charge in [-0.1, -0.05) is 12.1 Å². The van der Waals surface area contributed by atoms with E-state index in [9.17, 15) is 19.0 Å². The molecule has 1 aliphatic rings. The zero-order chi connectivity index (χ0) is 17.0. The third-order valence-electron chi connectivity index (χ3n) is 3.09. The molecule has 9 nitrogen and oxygen atoms in total. The minimum Gasteiger partial charge on any atom is -0.394 e. The Labute approximate surface area is 131 Å². The summed E-state index contributed by atoms with van der Waals surface area (Å²) in [6.07, 6.45) is -1.31. The molecule has 0 bridgehead atoms. The molecule has 126 valence electrons. The Morgan fingerprint density at radius 1 is 1.13 bits per heavy atom. The molecular formula is C13H16NO8P. The maximum Gasteiger partial charge on any atom is 0.472 e. The molecule has 0 saturated heterocycles. The number of nitrogens with zero attached hydrogens (tertiary/aromatic N) is 1. The van der Waals surface area contributed by atoms with Gasteiger partial charge in [0.15, 0.2) is 0 Å². The maximum atomic E-state index is 12.0. The Morgan fingerprint density at radius 3 is 2.22 bits per heavy atom. The summed E-state index contributed by atoms with van der Waals surface area (Å²) in [6, 6.07) is 6.30. The number of phosphoric acid groups is 1. The summed E-state index contributed by atoms with van der Waals surface area (Å²) in [5, 5.41) is 17.6. The molecule has 1 aromatic rings. The van der Waals surface area contributed by atoms with Crippen molar-refractivity contribution in [3.63, 3.8) is 0 Å². The normalized spacial score (nSPS) is 18.0. The molecule has 10 heteroatoms. The number of amides is 2. The molecule has 23 heavy (non-hydrogen) atoms. The highest BCUT2D eigenvalue weighted by Crippen LogP contribution is 2.43. The van der Waals surface area contributed by atoms with Crippen molar-refractivity contribution in [1.82, 2.24) is 4.90 Å². The first kappa shape index (κ1) is 17.7. The molecule has 0 aliphatic carbocycles. The summed E-state index contributed by atoms with van der Waals surface area (Å²) in [5.41, 5.74) is 0.541. The van der Waals surface area contributed by atoms with Gasteiger partial charge in [-0.25, -0.2) is 4.57 Å². The van der Waals surface area contributed by atoms with Gasteiger partial charge in [-0.3, -0.25) is 23.5 Å². The zero-order valence-corrected chi connectivity index (χ0v) is 12.9. The van der Waals surface area contributed by atoms with E-state index in [4.69, 9.17) is 10.2 Å². The number of benzene rings is 1. The van der Waals surface area contributed by atoms with Crippen molar-refractivity contribution < 1.29 is 38.3 Å². The summed E-state index contributed by atoms with van der Waals surface area (Å²) in [6.45, 7) is -1.84. The van der Waals surface area contributed by atoms with Crippen LogP contribution in [0.1, 0.15) is 20.7 Å². The number of carbonyl (C=O) groups is 2. The Bertz CT molecular complexity index is 614. The van der Waals surface area contributed by atoms with E-state index in [0.29, 0.717) is 0 Å². The number of fused-ring (bicyclic) bond motifs is 1. The van der Waals surface area contributed by atoms with Crippen LogP contribution in [0.4, 0.5) is 0 Å². The Hall–Kier alpha value is -1.61. The van der Waals surface area contributed by atoms with Crippen molar-refractivity contribution in [1.29, 1.82) is 0 Å². The van der Waals surface area contributed by atoms with Crippen LogP contribution in [0.3, 0.4) is 0 Å². The highest BCUT2D eigenvalue weighted by molar-refractivity contribution is 7.47. The van der Waals surface area contributed by atoms with Crippen molar-refractivity contribution in [3.8, 4) is 0 Å². The average Bonchev–Trinajstić information content (AvgIpc) is 2.78. The molecule has 1 unspecified atom stereocenters. The predicted molar refractivity (Wildman–Crippen MR) is 76.6 cm³/mol. The lowest BCUT2D eigenvalue weighted by Gasteiger charge is -2.17. The molecule has 0 aromatic heterocycles. The SMILES string of the molecule is O=C1c2ccccc2C(=O)N1CCOP(=O)(O)OC[C@@H](O)CO. The van der Waals surface area contributed by atoms with Gasteiger partial charge in [-0.2, -0.15) is 0 Å². The second-order valence-corrected chi connectivity index (χ2v) is 6.19. The fraction of sp³-hybridized carbons (Fsp3) is 0.385. The molecule has 1 aromatic carbocycles. The summed E-state index contributed by atoms with van der Waals surface area (Å²) in [5.74, 6) is -1.00. The van der Waals surface area contributed by atoms with Gasteiger partial charge >= 0.3 is 7.82 Å². The van der Waals surface area contributed by atoms with E-state index in [-0.39, 0.29) is 17.7 Å². The number of hydrogen-bond donors (Lipinski definition) is 3. The standard InChI is InChI=1S/C13H16NO8P/c15-7-9(16)8-22-23(19,20)21-6-5-14-12(17)10-3-1-2-4-11(10)13(14)18/h1-4,9,15-16H,5-8H2,(H,19,20)/t9-/m0/s1. The third kappa shape index (κ3) is 4.23. The average molecular weight is 345 g/mol. The van der Waals surface area contributed by atoms with Gasteiger partial charge in [0, 0.05) is 0 Å². The van der Waals surface area contributed by atoms with E-state index in [2.05, 4.69) is 9.05 Å². The molecule has 2 rings (SSSR count). The van der Waals surface area contributed by atoms with Crippen LogP contribution in [0, 0.1) is 0 Å². The number of rotatable bonds is 8. The topological polar surface area (TPSA) is 134 Å². The van der Waals surface area contributed by atoms with Gasteiger partial charge in [0.25, 0.3) is 11.8 Å². The lowest BCUT2D eigenvalue weighted by molar-refractivity contribution is 0.0343. The predicted octanol–water partition coefficient (Wildman–Crippen LogP) is -0.231. The van der Waals surface area contributed by atoms with Gasteiger partial charge in [0.05, 0.1) is 37.5 Å². The van der Waals surface area contributed by atoms with Crippen molar-refractivity contribution in [3.05, 3.63) is 35.4 Å². The molecule has 3 N–H and O–H groups in total.